The summed E-state index contributed by atoms with van der Waals surface area (Å²) in [7, 11) is 0. The van der Waals surface area contributed by atoms with Gasteiger partial charge in [0.25, 0.3) is 0 Å². The summed E-state index contributed by atoms with van der Waals surface area (Å²) in [6.45, 7) is 7.76. The van der Waals surface area contributed by atoms with Crippen molar-refractivity contribution in [3.8, 4) is 0 Å². The summed E-state index contributed by atoms with van der Waals surface area (Å²) in [5.74, 6) is 0. The first-order chi connectivity index (χ1) is 6.25. The van der Waals surface area contributed by atoms with Crippen molar-refractivity contribution >= 4 is 17.3 Å². The first kappa shape index (κ1) is 10.5. The Balaban J connectivity index is 2.39. The van der Waals surface area contributed by atoms with E-state index in [1.807, 2.05) is 6.08 Å². The van der Waals surface area contributed by atoms with Gasteiger partial charge in [-0.1, -0.05) is 6.08 Å². The summed E-state index contributed by atoms with van der Waals surface area (Å²) in [5.41, 5.74) is 0. The fourth-order valence-electron chi connectivity index (χ4n) is 1.66. The molecule has 0 aliphatic carbocycles. The van der Waals surface area contributed by atoms with Crippen molar-refractivity contribution in [3.63, 3.8) is 0 Å². The minimum absolute atomic E-state index is 0.596. The average Bonchev–Trinajstić information content (AvgIpc) is 2.15. The van der Waals surface area contributed by atoms with Crippen LogP contribution in [0.3, 0.4) is 0 Å². The third-order valence-corrected chi connectivity index (χ3v) is 2.84. The minimum atomic E-state index is 0.596. The monoisotopic (exact) mass is 198 g/mol. The van der Waals surface area contributed by atoms with Gasteiger partial charge in [0.05, 0.1) is 0 Å². The van der Waals surface area contributed by atoms with Crippen LogP contribution in [0.4, 0.5) is 0 Å². The molecule has 1 unspecified atom stereocenters. The van der Waals surface area contributed by atoms with E-state index in [4.69, 9.17) is 12.2 Å². The van der Waals surface area contributed by atoms with Crippen molar-refractivity contribution in [1.29, 1.82) is 0 Å². The molecule has 0 aromatic rings. The number of rotatable bonds is 2. The SMILES string of the molecule is C=CCNC(=S)N1CCCCC1C. The molecule has 2 nitrogen and oxygen atoms in total. The maximum absolute atomic E-state index is 5.28. The third-order valence-electron chi connectivity index (χ3n) is 2.46. The van der Waals surface area contributed by atoms with Gasteiger partial charge in [-0.25, -0.2) is 0 Å². The van der Waals surface area contributed by atoms with E-state index in [-0.39, 0.29) is 0 Å². The lowest BCUT2D eigenvalue weighted by atomic mass is 10.0. The average molecular weight is 198 g/mol. The Hall–Kier alpha value is -0.570. The number of nitrogens with zero attached hydrogens (tertiary/aromatic N) is 1. The predicted octanol–water partition coefficient (Wildman–Crippen LogP) is 1.92. The van der Waals surface area contributed by atoms with Gasteiger partial charge in [0.1, 0.15) is 0 Å². The van der Waals surface area contributed by atoms with Crippen LogP contribution in [0.25, 0.3) is 0 Å². The molecular formula is C10H18N2S. The van der Waals surface area contributed by atoms with Crippen molar-refractivity contribution in [2.24, 2.45) is 0 Å². The molecule has 1 heterocycles. The Morgan fingerprint density at radius 3 is 3.08 bits per heavy atom. The smallest absolute Gasteiger partial charge is 0.169 e. The minimum Gasteiger partial charge on any atom is -0.359 e. The second-order valence-electron chi connectivity index (χ2n) is 3.51. The lowest BCUT2D eigenvalue weighted by Crippen LogP contribution is -2.47. The normalized spacial score (nSPS) is 22.5. The molecular weight excluding hydrogens is 180 g/mol. The molecule has 0 bridgehead atoms. The number of thiocarbonyl (C=S) groups is 1. The van der Waals surface area contributed by atoms with E-state index < -0.39 is 0 Å². The van der Waals surface area contributed by atoms with Gasteiger partial charge in [0, 0.05) is 19.1 Å². The Morgan fingerprint density at radius 1 is 1.69 bits per heavy atom. The van der Waals surface area contributed by atoms with Crippen LogP contribution in [0.5, 0.6) is 0 Å². The highest BCUT2D eigenvalue weighted by Gasteiger charge is 2.19. The molecule has 1 rings (SSSR count). The van der Waals surface area contributed by atoms with Crippen LogP contribution in [-0.4, -0.2) is 29.1 Å². The predicted molar refractivity (Wildman–Crippen MR) is 60.8 cm³/mol. The molecule has 0 radical (unpaired) electrons. The summed E-state index contributed by atoms with van der Waals surface area (Å²) in [4.78, 5) is 2.28. The highest BCUT2D eigenvalue weighted by Crippen LogP contribution is 2.16. The second-order valence-corrected chi connectivity index (χ2v) is 3.90. The molecule has 3 heteroatoms. The number of piperidine rings is 1. The first-order valence-corrected chi connectivity index (χ1v) is 5.32. The summed E-state index contributed by atoms with van der Waals surface area (Å²) >= 11 is 5.28. The molecule has 1 aliphatic heterocycles. The van der Waals surface area contributed by atoms with Crippen molar-refractivity contribution in [3.05, 3.63) is 12.7 Å². The Kier molecular flexibility index (Phi) is 4.22. The maximum Gasteiger partial charge on any atom is 0.169 e. The van der Waals surface area contributed by atoms with Gasteiger partial charge in [-0.05, 0) is 38.4 Å². The lowest BCUT2D eigenvalue weighted by molar-refractivity contribution is 0.256. The summed E-state index contributed by atoms with van der Waals surface area (Å²) in [6.07, 6.45) is 5.69. The van der Waals surface area contributed by atoms with Gasteiger partial charge in [-0.3, -0.25) is 0 Å². The van der Waals surface area contributed by atoms with E-state index in [1.165, 1.54) is 19.3 Å². The van der Waals surface area contributed by atoms with Gasteiger partial charge in [-0.15, -0.1) is 6.58 Å². The molecule has 0 saturated carbocycles. The quantitative estimate of drug-likeness (QED) is 0.539. The molecule has 1 aliphatic rings. The summed E-state index contributed by atoms with van der Waals surface area (Å²) in [6, 6.07) is 0.596. The van der Waals surface area contributed by atoms with Gasteiger partial charge < -0.3 is 10.2 Å². The summed E-state index contributed by atoms with van der Waals surface area (Å²) < 4.78 is 0. The van der Waals surface area contributed by atoms with Gasteiger partial charge in [0.2, 0.25) is 0 Å². The molecule has 74 valence electrons. The molecule has 1 saturated heterocycles. The van der Waals surface area contributed by atoms with E-state index in [1.54, 1.807) is 0 Å². The number of nitrogens with one attached hydrogen (secondary N) is 1. The van der Waals surface area contributed by atoms with Crippen LogP contribution in [0.1, 0.15) is 26.2 Å². The van der Waals surface area contributed by atoms with Gasteiger partial charge in [-0.2, -0.15) is 0 Å². The zero-order valence-electron chi connectivity index (χ0n) is 8.25. The largest absolute Gasteiger partial charge is 0.359 e. The van der Waals surface area contributed by atoms with Gasteiger partial charge >= 0.3 is 0 Å². The molecule has 13 heavy (non-hydrogen) atoms. The molecule has 0 aromatic heterocycles. The van der Waals surface area contributed by atoms with Crippen LogP contribution in [0.15, 0.2) is 12.7 Å². The van der Waals surface area contributed by atoms with Crippen molar-refractivity contribution in [2.45, 2.75) is 32.2 Å². The Labute approximate surface area is 86.0 Å². The van der Waals surface area contributed by atoms with Crippen LogP contribution >= 0.6 is 12.2 Å². The molecule has 1 N–H and O–H groups in total. The first-order valence-electron chi connectivity index (χ1n) is 4.91. The van der Waals surface area contributed by atoms with E-state index >= 15 is 0 Å². The van der Waals surface area contributed by atoms with Crippen LogP contribution in [-0.2, 0) is 0 Å². The number of likely N-dealkylation sites (tertiary alicyclic amines) is 1. The Morgan fingerprint density at radius 2 is 2.46 bits per heavy atom. The molecule has 1 fully saturated rings. The molecule has 0 amide bonds. The number of hydrogen-bond acceptors (Lipinski definition) is 1. The highest BCUT2D eigenvalue weighted by molar-refractivity contribution is 7.80. The van der Waals surface area contributed by atoms with Crippen LogP contribution < -0.4 is 5.32 Å². The van der Waals surface area contributed by atoms with Crippen LogP contribution in [0.2, 0.25) is 0 Å². The number of hydrogen-bond donors (Lipinski definition) is 1. The summed E-state index contributed by atoms with van der Waals surface area (Å²) in [5, 5.41) is 4.05. The molecule has 0 aromatic carbocycles. The van der Waals surface area contributed by atoms with E-state index in [0.717, 1.165) is 18.2 Å². The molecule has 0 spiro atoms. The fraction of sp³-hybridized carbons (Fsp3) is 0.700. The zero-order chi connectivity index (χ0) is 9.68. The Bertz CT molecular complexity index is 191. The van der Waals surface area contributed by atoms with E-state index in [2.05, 4.69) is 23.7 Å². The van der Waals surface area contributed by atoms with E-state index in [0.29, 0.717) is 6.04 Å². The standard InChI is InChI=1S/C10H18N2S/c1-3-7-11-10(13)12-8-5-4-6-9(12)2/h3,9H,1,4-8H2,2H3,(H,11,13). The molecule has 1 atom stereocenters. The zero-order valence-corrected chi connectivity index (χ0v) is 9.07. The maximum atomic E-state index is 5.28. The third kappa shape index (κ3) is 2.99. The van der Waals surface area contributed by atoms with Crippen molar-refractivity contribution < 1.29 is 0 Å². The van der Waals surface area contributed by atoms with Crippen molar-refractivity contribution in [1.82, 2.24) is 10.2 Å². The topological polar surface area (TPSA) is 15.3 Å². The van der Waals surface area contributed by atoms with Crippen molar-refractivity contribution in [2.75, 3.05) is 13.1 Å². The lowest BCUT2D eigenvalue weighted by Gasteiger charge is -2.35. The highest BCUT2D eigenvalue weighted by atomic mass is 32.1. The van der Waals surface area contributed by atoms with E-state index in [9.17, 15) is 0 Å². The fourth-order valence-corrected chi connectivity index (χ4v) is 2.02. The second kappa shape index (κ2) is 5.22. The van der Waals surface area contributed by atoms with Gasteiger partial charge in [0.15, 0.2) is 5.11 Å². The van der Waals surface area contributed by atoms with Crippen LogP contribution in [0, 0.1) is 0 Å².